The Balaban J connectivity index is 1.85. The summed E-state index contributed by atoms with van der Waals surface area (Å²) in [6, 6.07) is 7.96. The summed E-state index contributed by atoms with van der Waals surface area (Å²) in [5.74, 6) is 0.576. The van der Waals surface area contributed by atoms with Crippen LogP contribution in [0, 0.1) is 6.92 Å². The largest absolute Gasteiger partial charge is 0.435 e. The van der Waals surface area contributed by atoms with E-state index >= 15 is 0 Å². The first-order chi connectivity index (χ1) is 14.3. The van der Waals surface area contributed by atoms with Gasteiger partial charge in [-0.1, -0.05) is 23.7 Å². The zero-order chi connectivity index (χ0) is 21.5. The van der Waals surface area contributed by atoms with Crippen LogP contribution < -0.4 is 4.90 Å². The molecule has 1 N–H and O–H groups in total. The van der Waals surface area contributed by atoms with Crippen LogP contribution in [-0.2, 0) is 6.18 Å². The second-order valence-corrected chi connectivity index (χ2v) is 7.71. The monoisotopic (exact) mass is 439 g/mol. The summed E-state index contributed by atoms with van der Waals surface area (Å²) in [4.78, 5) is 8.53. The molecule has 1 fully saturated rings. The van der Waals surface area contributed by atoms with Gasteiger partial charge in [0.15, 0.2) is 11.3 Å². The van der Waals surface area contributed by atoms with Gasteiger partial charge in [-0.15, -0.1) is 0 Å². The van der Waals surface area contributed by atoms with E-state index in [1.807, 2.05) is 4.90 Å². The zero-order valence-corrected chi connectivity index (χ0v) is 17.1. The third-order valence-corrected chi connectivity index (χ3v) is 5.46. The van der Waals surface area contributed by atoms with Gasteiger partial charge in [-0.05, 0) is 24.6 Å². The van der Waals surface area contributed by atoms with Gasteiger partial charge in [-0.25, -0.2) is 4.98 Å². The lowest BCUT2D eigenvalue weighted by atomic mass is 10.1. The van der Waals surface area contributed by atoms with E-state index in [-0.39, 0.29) is 17.8 Å². The molecule has 10 heteroatoms. The molecule has 0 radical (unpaired) electrons. The molecular weight excluding hydrogens is 419 g/mol. The topological polar surface area (TPSA) is 56.9 Å². The van der Waals surface area contributed by atoms with Gasteiger partial charge in [-0.2, -0.15) is 22.8 Å². The fraction of sp³-hybridized carbons (Fsp3) is 0.400. The lowest BCUT2D eigenvalue weighted by molar-refractivity contribution is -0.140. The molecule has 0 aliphatic carbocycles. The number of rotatable bonds is 4. The van der Waals surface area contributed by atoms with Crippen molar-refractivity contribution in [3.63, 3.8) is 0 Å². The number of anilines is 1. The standard InChI is InChI=1S/C20H21ClF3N5O/c1-13-12-16(28-8-6-27(7-9-28)10-11-30)29-19(25-13)17(18(26-29)20(22,23)24)14-2-4-15(21)5-3-14/h2-5,12,30H,6-11H2,1H3. The van der Waals surface area contributed by atoms with E-state index in [9.17, 15) is 13.2 Å². The van der Waals surface area contributed by atoms with Crippen molar-refractivity contribution in [2.45, 2.75) is 13.1 Å². The van der Waals surface area contributed by atoms with E-state index < -0.39 is 11.9 Å². The summed E-state index contributed by atoms with van der Waals surface area (Å²) >= 11 is 5.92. The number of piperazine rings is 1. The number of β-amino-alcohol motifs (C(OH)–C–C–N with tert-alkyl or cyclic N) is 1. The number of hydrogen-bond donors (Lipinski definition) is 1. The third-order valence-electron chi connectivity index (χ3n) is 5.21. The summed E-state index contributed by atoms with van der Waals surface area (Å²) in [5, 5.41) is 13.5. The molecule has 1 aliphatic heterocycles. The van der Waals surface area contributed by atoms with Gasteiger partial charge in [-0.3, -0.25) is 4.90 Å². The maximum absolute atomic E-state index is 13.9. The molecule has 0 spiro atoms. The van der Waals surface area contributed by atoms with E-state index in [0.29, 0.717) is 54.8 Å². The Kier molecular flexibility index (Phi) is 5.61. The second kappa shape index (κ2) is 8.05. The Labute approximate surface area is 176 Å². The fourth-order valence-electron chi connectivity index (χ4n) is 3.77. The number of aryl methyl sites for hydroxylation is 1. The molecule has 1 aromatic carbocycles. The number of halogens is 4. The van der Waals surface area contributed by atoms with Crippen molar-refractivity contribution in [1.29, 1.82) is 0 Å². The van der Waals surface area contributed by atoms with Gasteiger partial charge in [0.25, 0.3) is 0 Å². The van der Waals surface area contributed by atoms with Gasteiger partial charge >= 0.3 is 6.18 Å². The SMILES string of the molecule is Cc1cc(N2CCN(CCO)CC2)n2nc(C(F)(F)F)c(-c3ccc(Cl)cc3)c2n1. The van der Waals surface area contributed by atoms with Crippen molar-refractivity contribution in [2.24, 2.45) is 0 Å². The highest BCUT2D eigenvalue weighted by molar-refractivity contribution is 6.30. The van der Waals surface area contributed by atoms with Crippen molar-refractivity contribution in [3.05, 3.63) is 46.7 Å². The number of aromatic nitrogens is 3. The Hall–Kier alpha value is -2.36. The molecule has 160 valence electrons. The van der Waals surface area contributed by atoms with Gasteiger partial charge in [0.1, 0.15) is 5.82 Å². The predicted octanol–water partition coefficient (Wildman–Crippen LogP) is 3.49. The minimum Gasteiger partial charge on any atom is -0.395 e. The molecule has 0 unspecified atom stereocenters. The number of nitrogens with zero attached hydrogens (tertiary/aromatic N) is 5. The Morgan fingerprint density at radius 2 is 1.77 bits per heavy atom. The van der Waals surface area contributed by atoms with Crippen LogP contribution in [0.5, 0.6) is 0 Å². The number of alkyl halides is 3. The Morgan fingerprint density at radius 1 is 1.10 bits per heavy atom. The summed E-state index contributed by atoms with van der Waals surface area (Å²) in [7, 11) is 0. The molecule has 0 bridgehead atoms. The Morgan fingerprint density at radius 3 is 2.37 bits per heavy atom. The molecule has 0 atom stereocenters. The number of benzene rings is 1. The molecule has 1 saturated heterocycles. The minimum atomic E-state index is -4.63. The molecule has 1 aliphatic rings. The average molecular weight is 440 g/mol. The molecule has 2 aromatic heterocycles. The van der Waals surface area contributed by atoms with Crippen molar-refractivity contribution in [1.82, 2.24) is 19.5 Å². The van der Waals surface area contributed by atoms with Gasteiger partial charge in [0, 0.05) is 49.5 Å². The molecule has 0 amide bonds. The summed E-state index contributed by atoms with van der Waals surface area (Å²) in [6.07, 6.45) is -4.63. The number of aliphatic hydroxyl groups excluding tert-OH is 1. The maximum atomic E-state index is 13.9. The molecule has 30 heavy (non-hydrogen) atoms. The second-order valence-electron chi connectivity index (χ2n) is 7.27. The van der Waals surface area contributed by atoms with Gasteiger partial charge < -0.3 is 10.0 Å². The smallest absolute Gasteiger partial charge is 0.395 e. The molecule has 0 saturated carbocycles. The third kappa shape index (κ3) is 3.97. The van der Waals surface area contributed by atoms with Crippen LogP contribution in [0.3, 0.4) is 0 Å². The highest BCUT2D eigenvalue weighted by atomic mass is 35.5. The first kappa shape index (κ1) is 20.9. The highest BCUT2D eigenvalue weighted by Gasteiger charge is 2.39. The van der Waals surface area contributed by atoms with Crippen molar-refractivity contribution >= 4 is 23.1 Å². The van der Waals surface area contributed by atoms with Crippen LogP contribution in [0.1, 0.15) is 11.4 Å². The molecule has 3 heterocycles. The number of hydrogen-bond acceptors (Lipinski definition) is 5. The van der Waals surface area contributed by atoms with Gasteiger partial charge in [0.2, 0.25) is 0 Å². The highest BCUT2D eigenvalue weighted by Crippen LogP contribution is 2.40. The van der Waals surface area contributed by atoms with E-state index in [1.54, 1.807) is 37.3 Å². The predicted molar refractivity (Wildman–Crippen MR) is 109 cm³/mol. The summed E-state index contributed by atoms with van der Waals surface area (Å²) < 4.78 is 43.0. The molecule has 6 nitrogen and oxygen atoms in total. The lowest BCUT2D eigenvalue weighted by Crippen LogP contribution is -2.47. The van der Waals surface area contributed by atoms with Crippen LogP contribution in [0.4, 0.5) is 19.0 Å². The number of fused-ring (bicyclic) bond motifs is 1. The summed E-state index contributed by atoms with van der Waals surface area (Å²) in [6.45, 7) is 5.09. The van der Waals surface area contributed by atoms with E-state index in [4.69, 9.17) is 16.7 Å². The molecular formula is C20H21ClF3N5O. The molecule has 3 aromatic rings. The van der Waals surface area contributed by atoms with Crippen molar-refractivity contribution < 1.29 is 18.3 Å². The maximum Gasteiger partial charge on any atom is 0.435 e. The normalized spacial score (nSPS) is 15.9. The van der Waals surface area contributed by atoms with Crippen LogP contribution in [0.15, 0.2) is 30.3 Å². The Bertz CT molecular complexity index is 1040. The lowest BCUT2D eigenvalue weighted by Gasteiger charge is -2.35. The molecule has 4 rings (SSSR count). The quantitative estimate of drug-likeness (QED) is 0.674. The van der Waals surface area contributed by atoms with Gasteiger partial charge in [0.05, 0.1) is 12.2 Å². The van der Waals surface area contributed by atoms with Crippen molar-refractivity contribution in [2.75, 3.05) is 44.2 Å². The van der Waals surface area contributed by atoms with Crippen LogP contribution in [-0.4, -0.2) is 63.9 Å². The fourth-order valence-corrected chi connectivity index (χ4v) is 3.89. The van der Waals surface area contributed by atoms with Crippen LogP contribution in [0.2, 0.25) is 5.02 Å². The first-order valence-electron chi connectivity index (χ1n) is 9.59. The van der Waals surface area contributed by atoms with E-state index in [0.717, 1.165) is 0 Å². The van der Waals surface area contributed by atoms with Crippen molar-refractivity contribution in [3.8, 4) is 11.1 Å². The first-order valence-corrected chi connectivity index (χ1v) is 9.97. The number of aliphatic hydroxyl groups is 1. The summed E-state index contributed by atoms with van der Waals surface area (Å²) in [5.41, 5.74) is 0.112. The zero-order valence-electron chi connectivity index (χ0n) is 16.3. The minimum absolute atomic E-state index is 0.0527. The van der Waals surface area contributed by atoms with Crippen LogP contribution >= 0.6 is 11.6 Å². The average Bonchev–Trinajstić information content (AvgIpc) is 3.09. The van der Waals surface area contributed by atoms with Crippen LogP contribution in [0.25, 0.3) is 16.8 Å². The van der Waals surface area contributed by atoms with E-state index in [1.165, 1.54) is 4.52 Å². The van der Waals surface area contributed by atoms with E-state index in [2.05, 4.69) is 15.0 Å².